The van der Waals surface area contributed by atoms with Crippen LogP contribution in [0.3, 0.4) is 0 Å². The van der Waals surface area contributed by atoms with E-state index >= 15 is 0 Å². The number of benzene rings is 1. The average Bonchev–Trinajstić information content (AvgIpc) is 2.82. The van der Waals surface area contributed by atoms with E-state index in [9.17, 15) is 31.1 Å². The predicted molar refractivity (Wildman–Crippen MR) is 128 cm³/mol. The fraction of sp³-hybridized carbons (Fsp3) is 0.560. The van der Waals surface area contributed by atoms with Crippen LogP contribution in [0.1, 0.15) is 60.8 Å². The third kappa shape index (κ3) is 7.48. The van der Waals surface area contributed by atoms with Gasteiger partial charge in [0.15, 0.2) is 0 Å². The number of hydrogen-bond donors (Lipinski definition) is 2. The Balaban J connectivity index is 1.56. The Labute approximate surface area is 211 Å². The highest BCUT2D eigenvalue weighted by Gasteiger charge is 2.37. The molecule has 0 bridgehead atoms. The third-order valence-corrected chi connectivity index (χ3v) is 6.56. The van der Waals surface area contributed by atoms with Crippen LogP contribution in [0, 0.1) is 12.8 Å². The first-order chi connectivity index (χ1) is 17.1. The highest BCUT2D eigenvalue weighted by Crippen LogP contribution is 2.37. The number of carbonyl (C=O) groups excluding carboxylic acids is 1. The lowest BCUT2D eigenvalue weighted by atomic mass is 9.85. The maximum Gasteiger partial charge on any atom is 0.416 e. The second-order valence-electron chi connectivity index (χ2n) is 9.77. The first kappa shape index (κ1) is 28.5. The second kappa shape index (κ2) is 11.1. The van der Waals surface area contributed by atoms with E-state index in [1.165, 1.54) is 6.92 Å². The molecule has 1 aromatic carbocycles. The lowest BCUT2D eigenvalue weighted by Crippen LogP contribution is -2.37. The molecule has 3 rings (SSSR count). The van der Waals surface area contributed by atoms with Crippen LogP contribution in [0.5, 0.6) is 0 Å². The molecule has 1 atom stereocenters. The summed E-state index contributed by atoms with van der Waals surface area (Å²) < 4.78 is 78.9. The quantitative estimate of drug-likeness (QED) is 0.444. The number of nitrogens with one attached hydrogen (secondary N) is 2. The predicted octanol–water partition coefficient (Wildman–Crippen LogP) is 5.78. The maximum atomic E-state index is 13.1. The Morgan fingerprint density at radius 3 is 2.11 bits per heavy atom. The van der Waals surface area contributed by atoms with Crippen LogP contribution < -0.4 is 15.5 Å². The molecule has 1 unspecified atom stereocenters. The summed E-state index contributed by atoms with van der Waals surface area (Å²) in [6.45, 7) is 3.34. The normalized spacial score (nSPS) is 19.3. The van der Waals surface area contributed by atoms with E-state index in [1.807, 2.05) is 25.9 Å². The van der Waals surface area contributed by atoms with Crippen molar-refractivity contribution in [2.45, 2.75) is 63.8 Å². The van der Waals surface area contributed by atoms with Gasteiger partial charge < -0.3 is 15.5 Å². The van der Waals surface area contributed by atoms with E-state index in [0.29, 0.717) is 43.8 Å². The smallest absolute Gasteiger partial charge is 0.362 e. The van der Waals surface area contributed by atoms with Crippen LogP contribution in [-0.2, 0) is 17.1 Å². The molecule has 6 nitrogen and oxygen atoms in total. The van der Waals surface area contributed by atoms with E-state index < -0.39 is 29.4 Å². The molecule has 1 amide bonds. The van der Waals surface area contributed by atoms with E-state index in [1.54, 1.807) is 6.20 Å². The lowest BCUT2D eigenvalue weighted by Gasteiger charge is -2.29. The molecule has 37 heavy (non-hydrogen) atoms. The number of nitrogens with zero attached hydrogens (tertiary/aromatic N) is 3. The number of alkyl halides is 6. The summed E-state index contributed by atoms with van der Waals surface area (Å²) in [6, 6.07) is 1.60. The summed E-state index contributed by atoms with van der Waals surface area (Å²) >= 11 is 0. The number of carbonyl (C=O) groups is 1. The van der Waals surface area contributed by atoms with Crippen molar-refractivity contribution >= 4 is 17.7 Å². The molecule has 1 fully saturated rings. The van der Waals surface area contributed by atoms with Gasteiger partial charge in [0.25, 0.3) is 0 Å². The van der Waals surface area contributed by atoms with Crippen molar-refractivity contribution in [2.24, 2.45) is 5.92 Å². The zero-order valence-corrected chi connectivity index (χ0v) is 21.1. The fourth-order valence-corrected chi connectivity index (χ4v) is 4.42. The molecule has 0 spiro atoms. The van der Waals surface area contributed by atoms with Crippen molar-refractivity contribution < 1.29 is 31.1 Å². The molecule has 2 aromatic rings. The van der Waals surface area contributed by atoms with Gasteiger partial charge in [-0.25, -0.2) is 4.98 Å². The van der Waals surface area contributed by atoms with Crippen LogP contribution in [0.4, 0.5) is 38.1 Å². The molecule has 0 aliphatic heterocycles. The van der Waals surface area contributed by atoms with Gasteiger partial charge in [-0.3, -0.25) is 4.79 Å². The molecule has 1 aliphatic carbocycles. The van der Waals surface area contributed by atoms with Gasteiger partial charge in [0.1, 0.15) is 5.82 Å². The average molecular weight is 532 g/mol. The third-order valence-electron chi connectivity index (χ3n) is 6.56. The number of amides is 1. The standard InChI is InChI=1S/C25H31F6N5O/c1-14(17-9-18(24(26,27)28)11-19(10-17)25(29,30)31)12-32-22(37)16-5-7-20(8-6-16)34-23-33-13-15(2)21(35-23)36(3)4/h9-11,13-14,16,20H,5-8,12H2,1-4H3,(H,32,37)(H,33,34,35). The van der Waals surface area contributed by atoms with Gasteiger partial charge in [-0.1, -0.05) is 6.92 Å². The van der Waals surface area contributed by atoms with Crippen molar-refractivity contribution in [3.63, 3.8) is 0 Å². The SMILES string of the molecule is Cc1cnc(NC2CCC(C(=O)NCC(C)c3cc(C(F)(F)F)cc(C(F)(F)F)c3)CC2)nc1N(C)C. The molecule has 0 radical (unpaired) electrons. The molecule has 2 N–H and O–H groups in total. The summed E-state index contributed by atoms with van der Waals surface area (Å²) in [5.74, 6) is 0.0386. The summed E-state index contributed by atoms with van der Waals surface area (Å²) in [5.41, 5.74) is -1.91. The van der Waals surface area contributed by atoms with Crippen molar-refractivity contribution in [3.05, 3.63) is 46.6 Å². The van der Waals surface area contributed by atoms with Crippen LogP contribution >= 0.6 is 0 Å². The van der Waals surface area contributed by atoms with Gasteiger partial charge in [0.05, 0.1) is 11.1 Å². The van der Waals surface area contributed by atoms with Gasteiger partial charge in [0.2, 0.25) is 11.9 Å². The molecular weight excluding hydrogens is 500 g/mol. The Hall–Kier alpha value is -3.05. The molecule has 1 aliphatic rings. The first-order valence-corrected chi connectivity index (χ1v) is 12.0. The molecule has 1 heterocycles. The molecule has 1 aromatic heterocycles. The highest BCUT2D eigenvalue weighted by molar-refractivity contribution is 5.78. The van der Waals surface area contributed by atoms with Crippen molar-refractivity contribution in [3.8, 4) is 0 Å². The maximum absolute atomic E-state index is 13.1. The van der Waals surface area contributed by atoms with Crippen molar-refractivity contribution in [1.29, 1.82) is 0 Å². The van der Waals surface area contributed by atoms with Gasteiger partial charge in [-0.15, -0.1) is 0 Å². The Kier molecular flexibility index (Phi) is 8.59. The molecule has 1 saturated carbocycles. The fourth-order valence-electron chi connectivity index (χ4n) is 4.42. The molecular formula is C25H31F6N5O. The zero-order chi connectivity index (χ0) is 27.5. The minimum Gasteiger partial charge on any atom is -0.362 e. The number of aryl methyl sites for hydroxylation is 1. The largest absolute Gasteiger partial charge is 0.416 e. The monoisotopic (exact) mass is 531 g/mol. The van der Waals surface area contributed by atoms with Crippen LogP contribution in [0.15, 0.2) is 24.4 Å². The highest BCUT2D eigenvalue weighted by atomic mass is 19.4. The number of rotatable bonds is 7. The van der Waals surface area contributed by atoms with Crippen LogP contribution in [-0.4, -0.2) is 42.6 Å². The first-order valence-electron chi connectivity index (χ1n) is 12.0. The van der Waals surface area contributed by atoms with E-state index in [4.69, 9.17) is 0 Å². The topological polar surface area (TPSA) is 70.1 Å². The number of hydrogen-bond acceptors (Lipinski definition) is 5. The summed E-state index contributed by atoms with van der Waals surface area (Å²) in [7, 11) is 3.79. The summed E-state index contributed by atoms with van der Waals surface area (Å²) in [6.07, 6.45) is -5.51. The lowest BCUT2D eigenvalue weighted by molar-refractivity contribution is -0.143. The Morgan fingerprint density at radius 2 is 1.59 bits per heavy atom. The van der Waals surface area contributed by atoms with Gasteiger partial charge in [-0.2, -0.15) is 31.3 Å². The van der Waals surface area contributed by atoms with Crippen molar-refractivity contribution in [2.75, 3.05) is 30.9 Å². The summed E-state index contributed by atoms with van der Waals surface area (Å²) in [5, 5.41) is 6.01. The van der Waals surface area contributed by atoms with Crippen LogP contribution in [0.2, 0.25) is 0 Å². The molecule has 0 saturated heterocycles. The second-order valence-corrected chi connectivity index (χ2v) is 9.77. The van der Waals surface area contributed by atoms with Gasteiger partial charge in [-0.05, 0) is 62.3 Å². The van der Waals surface area contributed by atoms with Gasteiger partial charge in [0, 0.05) is 44.4 Å². The summed E-state index contributed by atoms with van der Waals surface area (Å²) in [4.78, 5) is 23.4. The van der Waals surface area contributed by atoms with E-state index in [0.717, 1.165) is 11.4 Å². The number of halogens is 6. The van der Waals surface area contributed by atoms with E-state index in [-0.39, 0.29) is 36.0 Å². The van der Waals surface area contributed by atoms with Gasteiger partial charge >= 0.3 is 12.4 Å². The minimum atomic E-state index is -4.91. The van der Waals surface area contributed by atoms with Crippen LogP contribution in [0.25, 0.3) is 0 Å². The van der Waals surface area contributed by atoms with Crippen molar-refractivity contribution in [1.82, 2.24) is 15.3 Å². The zero-order valence-electron chi connectivity index (χ0n) is 21.1. The number of anilines is 2. The minimum absolute atomic E-state index is 0.0693. The van der Waals surface area contributed by atoms with E-state index in [2.05, 4.69) is 20.6 Å². The molecule has 12 heteroatoms. The Bertz CT molecular complexity index is 1060. The Morgan fingerprint density at radius 1 is 1.03 bits per heavy atom. The molecule has 204 valence electrons. The number of aromatic nitrogens is 2.